The van der Waals surface area contributed by atoms with Crippen LogP contribution in [0.15, 0.2) is 67.3 Å². The van der Waals surface area contributed by atoms with Gasteiger partial charge in [-0.05, 0) is 49.8 Å². The second-order valence-corrected chi connectivity index (χ2v) is 15.3. The van der Waals surface area contributed by atoms with Gasteiger partial charge in [-0.3, -0.25) is 9.59 Å². The van der Waals surface area contributed by atoms with Crippen molar-refractivity contribution in [1.82, 2.24) is 19.9 Å². The molecule has 49 heavy (non-hydrogen) atoms. The van der Waals surface area contributed by atoms with E-state index in [0.717, 1.165) is 41.3 Å². The maximum atomic E-state index is 14.3. The summed E-state index contributed by atoms with van der Waals surface area (Å²) < 4.78 is 35.8. The molecule has 3 aliphatic rings. The van der Waals surface area contributed by atoms with Crippen molar-refractivity contribution in [2.24, 2.45) is 5.92 Å². The Hall–Kier alpha value is -4.29. The molecule has 3 N–H and O–H groups in total. The van der Waals surface area contributed by atoms with Crippen LogP contribution in [-0.4, -0.2) is 77.2 Å². The lowest BCUT2D eigenvalue weighted by molar-refractivity contribution is -0.145. The lowest BCUT2D eigenvalue weighted by Gasteiger charge is -2.29. The third-order valence-corrected chi connectivity index (χ3v) is 11.4. The molecule has 4 bridgehead atoms. The molecule has 12 heteroatoms. The molecule has 2 fully saturated rings. The van der Waals surface area contributed by atoms with E-state index in [9.17, 15) is 27.9 Å². The summed E-state index contributed by atoms with van der Waals surface area (Å²) in [6, 6.07) is 15.5. The number of benzene rings is 2. The van der Waals surface area contributed by atoms with E-state index >= 15 is 0 Å². The van der Waals surface area contributed by atoms with Gasteiger partial charge < -0.3 is 20.1 Å². The lowest BCUT2D eigenvalue weighted by Crippen LogP contribution is -2.56. The number of aryl methyl sites for hydroxylation is 1. The molecule has 0 spiro atoms. The second-order valence-electron chi connectivity index (χ2n) is 13.5. The molecular formula is C37H44N4O7S. The summed E-state index contributed by atoms with van der Waals surface area (Å²) in [5, 5.41) is 13.5. The fraction of sp³-hybridized carbons (Fsp3) is 0.459. The van der Waals surface area contributed by atoms with E-state index in [1.165, 1.54) is 11.0 Å². The number of hydrogen-bond acceptors (Lipinski definition) is 7. The first kappa shape index (κ1) is 34.6. The summed E-state index contributed by atoms with van der Waals surface area (Å²) in [5.74, 6) is -2.31. The molecule has 1 saturated carbocycles. The quantitative estimate of drug-likeness (QED) is 0.290. The van der Waals surface area contributed by atoms with E-state index in [0.29, 0.717) is 30.7 Å². The minimum absolute atomic E-state index is 0.0103. The van der Waals surface area contributed by atoms with Gasteiger partial charge in [0.1, 0.15) is 29.5 Å². The monoisotopic (exact) mass is 688 g/mol. The zero-order chi connectivity index (χ0) is 34.8. The average molecular weight is 689 g/mol. The van der Waals surface area contributed by atoms with Crippen LogP contribution in [0.2, 0.25) is 0 Å². The molecule has 260 valence electrons. The Morgan fingerprint density at radius 3 is 2.67 bits per heavy atom. The van der Waals surface area contributed by atoms with E-state index < -0.39 is 57.5 Å². The smallest absolute Gasteiger partial charge is 0.330 e. The Morgan fingerprint density at radius 2 is 1.96 bits per heavy atom. The molecular weight excluding hydrogens is 644 g/mol. The fourth-order valence-electron chi connectivity index (χ4n) is 7.04. The largest absolute Gasteiger partial charge is 0.488 e. The summed E-state index contributed by atoms with van der Waals surface area (Å²) in [5.41, 5.74) is 1.93. The van der Waals surface area contributed by atoms with Gasteiger partial charge in [-0.2, -0.15) is 0 Å². The van der Waals surface area contributed by atoms with Crippen LogP contribution < -0.4 is 14.8 Å². The molecule has 11 nitrogen and oxygen atoms in total. The number of sulfonamides is 1. The van der Waals surface area contributed by atoms with Crippen molar-refractivity contribution in [3.8, 4) is 17.0 Å². The predicted octanol–water partition coefficient (Wildman–Crippen LogP) is 4.60. The first-order chi connectivity index (χ1) is 23.5. The number of nitrogens with one attached hydrogen (secondary N) is 2. The standard InChI is InChI=1S/C37H44N4O7S/c1-3-5-15-30-35(43)41-23-27(20-32(41)34(42)39-37(36(44)45)22-26(37)4-2)48-33-21-31(25-13-9-6-10-14-25)38-29-17-16-24(19-28(29)33)12-8-7-11-18-49(46,47)40-30/h4,6,9-10,13-14,16-17,19,21,26-27,30,32,40H,2-3,5,7-8,11-12,15,18,20,22-23H2,1H3,(H,39,42)(H,44,45)/t26-,27+,30-,32-,37+/m0/s1. The summed E-state index contributed by atoms with van der Waals surface area (Å²) in [7, 11) is -3.80. The number of carbonyl (C=O) groups is 3. The number of ether oxygens (including phenoxy) is 1. The highest BCUT2D eigenvalue weighted by molar-refractivity contribution is 7.89. The molecule has 3 heterocycles. The maximum absolute atomic E-state index is 14.3. The van der Waals surface area contributed by atoms with Crippen LogP contribution in [0.25, 0.3) is 22.2 Å². The molecule has 2 amide bonds. The van der Waals surface area contributed by atoms with Crippen LogP contribution >= 0.6 is 0 Å². The minimum Gasteiger partial charge on any atom is -0.488 e. The normalized spacial score (nSPS) is 26.9. The number of nitrogens with zero attached hydrogens (tertiary/aromatic N) is 2. The SMILES string of the molecule is C=C[C@H]1C[C@]1(NC(=O)[C@@H]1C[C@@H]2CN1C(=O)[C@H](CCCC)NS(=O)(=O)CCCCCc1ccc3nc(-c4ccccc4)cc(c3c1)O2)C(=O)O. The van der Waals surface area contributed by atoms with Crippen molar-refractivity contribution >= 4 is 38.7 Å². The van der Waals surface area contributed by atoms with Crippen molar-refractivity contribution < 1.29 is 32.6 Å². The maximum Gasteiger partial charge on any atom is 0.330 e. The van der Waals surface area contributed by atoms with Crippen LogP contribution in [0.3, 0.4) is 0 Å². The van der Waals surface area contributed by atoms with Crippen LogP contribution in [0.5, 0.6) is 5.75 Å². The Labute approximate surface area is 287 Å². The van der Waals surface area contributed by atoms with E-state index in [-0.39, 0.29) is 31.6 Å². The summed E-state index contributed by atoms with van der Waals surface area (Å²) in [6.45, 7) is 5.68. The van der Waals surface area contributed by atoms with Crippen molar-refractivity contribution in [3.63, 3.8) is 0 Å². The first-order valence-electron chi connectivity index (χ1n) is 17.2. The van der Waals surface area contributed by atoms with Crippen molar-refractivity contribution in [3.05, 3.63) is 72.8 Å². The highest BCUT2D eigenvalue weighted by Gasteiger charge is 2.61. The predicted molar refractivity (Wildman–Crippen MR) is 186 cm³/mol. The molecule has 0 unspecified atom stereocenters. The summed E-state index contributed by atoms with van der Waals surface area (Å²) >= 11 is 0. The summed E-state index contributed by atoms with van der Waals surface area (Å²) in [6.07, 6.45) is 5.42. The topological polar surface area (TPSA) is 155 Å². The van der Waals surface area contributed by atoms with Crippen molar-refractivity contribution in [1.29, 1.82) is 0 Å². The molecule has 3 aromatic rings. The Bertz CT molecular complexity index is 1850. The van der Waals surface area contributed by atoms with Gasteiger partial charge in [-0.15, -0.1) is 6.58 Å². The molecule has 5 atom stereocenters. The average Bonchev–Trinajstić information content (AvgIpc) is 3.65. The number of amides is 2. The van der Waals surface area contributed by atoms with E-state index in [1.807, 2.05) is 61.5 Å². The number of carbonyl (C=O) groups excluding carboxylic acids is 2. The van der Waals surface area contributed by atoms with Gasteiger partial charge in [0.2, 0.25) is 21.8 Å². The van der Waals surface area contributed by atoms with Gasteiger partial charge in [-0.25, -0.2) is 22.9 Å². The van der Waals surface area contributed by atoms with Crippen LogP contribution in [0.4, 0.5) is 0 Å². The number of carboxylic acid groups (broad SMARTS) is 1. The van der Waals surface area contributed by atoms with Gasteiger partial charge in [-0.1, -0.05) is 68.7 Å². The molecule has 1 aromatic heterocycles. The number of pyridine rings is 1. The van der Waals surface area contributed by atoms with Gasteiger partial charge in [0.25, 0.3) is 0 Å². The zero-order valence-electron chi connectivity index (χ0n) is 27.8. The number of unbranched alkanes of at least 4 members (excludes halogenated alkanes) is 1. The van der Waals surface area contributed by atoms with Gasteiger partial charge in [0, 0.05) is 29.4 Å². The van der Waals surface area contributed by atoms with Crippen LogP contribution in [-0.2, 0) is 30.8 Å². The highest BCUT2D eigenvalue weighted by Crippen LogP contribution is 2.45. The second kappa shape index (κ2) is 14.3. The Morgan fingerprint density at radius 1 is 1.16 bits per heavy atom. The zero-order valence-corrected chi connectivity index (χ0v) is 28.6. The molecule has 6 rings (SSSR count). The number of aliphatic carboxylic acids is 1. The Balaban J connectivity index is 1.40. The van der Waals surface area contributed by atoms with Crippen LogP contribution in [0, 0.1) is 5.92 Å². The number of carboxylic acids is 1. The Kier molecular flexibility index (Phi) is 10.1. The first-order valence-corrected chi connectivity index (χ1v) is 18.8. The number of hydrogen-bond donors (Lipinski definition) is 3. The molecule has 1 aliphatic carbocycles. The van der Waals surface area contributed by atoms with Gasteiger partial charge in [0.15, 0.2) is 0 Å². The minimum atomic E-state index is -3.80. The summed E-state index contributed by atoms with van der Waals surface area (Å²) in [4.78, 5) is 46.8. The van der Waals surface area contributed by atoms with E-state index in [1.54, 1.807) is 0 Å². The third kappa shape index (κ3) is 7.50. The molecule has 2 aromatic carbocycles. The highest BCUT2D eigenvalue weighted by atomic mass is 32.2. The number of rotatable bonds is 8. The van der Waals surface area contributed by atoms with Crippen molar-refractivity contribution in [2.45, 2.75) is 88.4 Å². The van der Waals surface area contributed by atoms with Crippen LogP contribution in [0.1, 0.15) is 63.9 Å². The number of aromatic nitrogens is 1. The third-order valence-electron chi connectivity index (χ3n) is 9.92. The molecule has 0 radical (unpaired) electrons. The fourth-order valence-corrected chi connectivity index (χ4v) is 8.39. The van der Waals surface area contributed by atoms with E-state index in [2.05, 4.69) is 16.6 Å². The van der Waals surface area contributed by atoms with Gasteiger partial charge in [0.05, 0.1) is 23.5 Å². The van der Waals surface area contributed by atoms with E-state index in [4.69, 9.17) is 9.72 Å². The van der Waals surface area contributed by atoms with Gasteiger partial charge >= 0.3 is 5.97 Å². The lowest BCUT2D eigenvalue weighted by atomic mass is 10.0. The molecule has 1 saturated heterocycles. The molecule has 2 aliphatic heterocycles. The number of fused-ring (bicyclic) bond motifs is 3. The van der Waals surface area contributed by atoms with Crippen molar-refractivity contribution in [2.75, 3.05) is 12.3 Å².